The van der Waals surface area contributed by atoms with Gasteiger partial charge in [0.2, 0.25) is 0 Å². The summed E-state index contributed by atoms with van der Waals surface area (Å²) in [5.74, 6) is -0.0180. The average Bonchev–Trinajstić information content (AvgIpc) is 2.59. The van der Waals surface area contributed by atoms with E-state index in [1.807, 2.05) is 6.92 Å². The van der Waals surface area contributed by atoms with Crippen LogP contribution in [-0.4, -0.2) is 59.5 Å². The number of carbonyl (C=O) groups is 2. The first kappa shape index (κ1) is 17.5. The number of nitrogens with zero attached hydrogens (tertiary/aromatic N) is 2. The fourth-order valence-corrected chi connectivity index (χ4v) is 2.92. The minimum absolute atomic E-state index is 0.0656. The molecule has 0 aliphatic carbocycles. The Hall–Kier alpha value is -1.88. The van der Waals surface area contributed by atoms with Gasteiger partial charge in [-0.2, -0.15) is 0 Å². The van der Waals surface area contributed by atoms with Crippen molar-refractivity contribution >= 4 is 11.8 Å². The van der Waals surface area contributed by atoms with E-state index in [0.717, 1.165) is 12.8 Å². The van der Waals surface area contributed by atoms with Crippen LogP contribution in [0.25, 0.3) is 0 Å². The molecule has 2 amide bonds. The monoisotopic (exact) mass is 318 g/mol. The Balaban J connectivity index is 2.15. The lowest BCUT2D eigenvalue weighted by atomic mass is 9.93. The topological polar surface area (TPSA) is 60.9 Å². The van der Waals surface area contributed by atoms with E-state index >= 15 is 0 Å². The van der Waals surface area contributed by atoms with Crippen LogP contribution in [0.15, 0.2) is 24.3 Å². The number of piperidine rings is 1. The second-order valence-electron chi connectivity index (χ2n) is 6.29. The molecule has 5 nitrogen and oxygen atoms in total. The third kappa shape index (κ3) is 4.10. The van der Waals surface area contributed by atoms with Crippen molar-refractivity contribution in [2.24, 2.45) is 5.92 Å². The van der Waals surface area contributed by atoms with Crippen LogP contribution in [0, 0.1) is 5.92 Å². The summed E-state index contributed by atoms with van der Waals surface area (Å²) in [6, 6.07) is 6.90. The number of aliphatic hydroxyl groups excluding tert-OH is 1. The van der Waals surface area contributed by atoms with E-state index in [1.54, 1.807) is 48.0 Å². The van der Waals surface area contributed by atoms with Gasteiger partial charge >= 0.3 is 0 Å². The Morgan fingerprint density at radius 1 is 1.39 bits per heavy atom. The summed E-state index contributed by atoms with van der Waals surface area (Å²) >= 11 is 0. The molecule has 0 bridgehead atoms. The van der Waals surface area contributed by atoms with Crippen molar-refractivity contribution < 1.29 is 14.7 Å². The molecule has 1 aromatic carbocycles. The molecule has 1 heterocycles. The van der Waals surface area contributed by atoms with E-state index in [2.05, 4.69) is 0 Å². The number of amides is 2. The van der Waals surface area contributed by atoms with Crippen LogP contribution < -0.4 is 0 Å². The van der Waals surface area contributed by atoms with E-state index in [1.165, 1.54) is 0 Å². The van der Waals surface area contributed by atoms with Crippen LogP contribution in [0.1, 0.15) is 47.4 Å². The molecule has 1 aromatic rings. The highest BCUT2D eigenvalue weighted by molar-refractivity contribution is 5.99. The molecule has 1 aliphatic heterocycles. The summed E-state index contributed by atoms with van der Waals surface area (Å²) in [5, 5.41) is 9.76. The fraction of sp³-hybridized carbons (Fsp3) is 0.556. The zero-order chi connectivity index (χ0) is 17.0. The quantitative estimate of drug-likeness (QED) is 0.924. The molecule has 0 radical (unpaired) electrons. The van der Waals surface area contributed by atoms with Crippen molar-refractivity contribution in [3.05, 3.63) is 35.4 Å². The average molecular weight is 318 g/mol. The summed E-state index contributed by atoms with van der Waals surface area (Å²) in [6.45, 7) is 5.59. The first-order chi connectivity index (χ1) is 10.9. The van der Waals surface area contributed by atoms with Gasteiger partial charge in [-0.3, -0.25) is 9.59 Å². The molecular weight excluding hydrogens is 292 g/mol. The van der Waals surface area contributed by atoms with Gasteiger partial charge < -0.3 is 14.9 Å². The van der Waals surface area contributed by atoms with Gasteiger partial charge in [0.05, 0.1) is 6.10 Å². The van der Waals surface area contributed by atoms with Crippen molar-refractivity contribution in [2.75, 3.05) is 26.7 Å². The van der Waals surface area contributed by atoms with Crippen LogP contribution in [0.4, 0.5) is 0 Å². The molecule has 1 saturated heterocycles. The van der Waals surface area contributed by atoms with Crippen LogP contribution in [0.2, 0.25) is 0 Å². The van der Waals surface area contributed by atoms with E-state index in [4.69, 9.17) is 0 Å². The van der Waals surface area contributed by atoms with Gasteiger partial charge in [0.15, 0.2) is 0 Å². The maximum atomic E-state index is 12.7. The number of rotatable bonds is 4. The number of carbonyl (C=O) groups excluding carboxylic acids is 2. The maximum Gasteiger partial charge on any atom is 0.253 e. The molecule has 1 N–H and O–H groups in total. The highest BCUT2D eigenvalue weighted by Gasteiger charge is 2.27. The zero-order valence-corrected chi connectivity index (χ0v) is 14.2. The van der Waals surface area contributed by atoms with Crippen molar-refractivity contribution in [2.45, 2.75) is 32.8 Å². The predicted octanol–water partition coefficient (Wildman–Crippen LogP) is 2.01. The third-order valence-corrected chi connectivity index (χ3v) is 4.60. The summed E-state index contributed by atoms with van der Waals surface area (Å²) in [4.78, 5) is 28.3. The maximum absolute atomic E-state index is 12.7. The molecule has 2 rings (SSSR count). The van der Waals surface area contributed by atoms with Gasteiger partial charge in [0.25, 0.3) is 11.8 Å². The zero-order valence-electron chi connectivity index (χ0n) is 14.2. The van der Waals surface area contributed by atoms with Gasteiger partial charge in [-0.05, 0) is 44.9 Å². The second-order valence-corrected chi connectivity index (χ2v) is 6.29. The van der Waals surface area contributed by atoms with E-state index < -0.39 is 6.10 Å². The Kier molecular flexibility index (Phi) is 5.77. The third-order valence-electron chi connectivity index (χ3n) is 4.60. The van der Waals surface area contributed by atoms with Gasteiger partial charge in [0, 0.05) is 43.7 Å². The largest absolute Gasteiger partial charge is 0.393 e. The van der Waals surface area contributed by atoms with Gasteiger partial charge in [-0.15, -0.1) is 0 Å². The van der Waals surface area contributed by atoms with Gasteiger partial charge in [-0.25, -0.2) is 0 Å². The standard InChI is InChI=1S/C18H26N2O3/c1-4-19(3)17(22)14-7-5-8-15(11-14)18(23)20-10-6-9-16(12-20)13(2)21/h5,7-8,11,13,16,21H,4,6,9-10,12H2,1-3H3. The summed E-state index contributed by atoms with van der Waals surface area (Å²) < 4.78 is 0. The lowest BCUT2D eigenvalue weighted by Crippen LogP contribution is -2.43. The molecule has 0 saturated carbocycles. The molecule has 1 fully saturated rings. The highest BCUT2D eigenvalue weighted by atomic mass is 16.3. The molecular formula is C18H26N2O3. The second kappa shape index (κ2) is 7.59. The van der Waals surface area contributed by atoms with E-state index in [9.17, 15) is 14.7 Å². The Bertz CT molecular complexity index is 571. The highest BCUT2D eigenvalue weighted by Crippen LogP contribution is 2.21. The number of benzene rings is 1. The van der Waals surface area contributed by atoms with Crippen LogP contribution in [-0.2, 0) is 0 Å². The van der Waals surface area contributed by atoms with Crippen LogP contribution in [0.5, 0.6) is 0 Å². The summed E-state index contributed by atoms with van der Waals surface area (Å²) in [7, 11) is 1.74. The predicted molar refractivity (Wildman–Crippen MR) is 89.4 cm³/mol. The fourth-order valence-electron chi connectivity index (χ4n) is 2.92. The van der Waals surface area contributed by atoms with Crippen molar-refractivity contribution in [3.8, 4) is 0 Å². The molecule has 2 unspecified atom stereocenters. The first-order valence-electron chi connectivity index (χ1n) is 8.27. The molecule has 126 valence electrons. The van der Waals surface area contributed by atoms with Crippen LogP contribution in [0.3, 0.4) is 0 Å². The summed E-state index contributed by atoms with van der Waals surface area (Å²) in [6.07, 6.45) is 1.44. The number of hydrogen-bond acceptors (Lipinski definition) is 3. The number of aliphatic hydroxyl groups is 1. The lowest BCUT2D eigenvalue weighted by molar-refractivity contribution is 0.0466. The molecule has 23 heavy (non-hydrogen) atoms. The molecule has 0 spiro atoms. The molecule has 1 aliphatic rings. The van der Waals surface area contributed by atoms with E-state index in [0.29, 0.717) is 30.8 Å². The smallest absolute Gasteiger partial charge is 0.253 e. The Morgan fingerprint density at radius 2 is 2.09 bits per heavy atom. The number of hydrogen-bond donors (Lipinski definition) is 1. The van der Waals surface area contributed by atoms with Crippen molar-refractivity contribution in [3.63, 3.8) is 0 Å². The molecule has 2 atom stereocenters. The van der Waals surface area contributed by atoms with Crippen molar-refractivity contribution in [1.82, 2.24) is 9.80 Å². The normalized spacial score (nSPS) is 19.3. The molecule has 5 heteroatoms. The Morgan fingerprint density at radius 3 is 2.74 bits per heavy atom. The SMILES string of the molecule is CCN(C)C(=O)c1cccc(C(=O)N2CCCC(C(C)O)C2)c1. The minimum atomic E-state index is -0.406. The van der Waals surface area contributed by atoms with E-state index in [-0.39, 0.29) is 17.7 Å². The number of likely N-dealkylation sites (tertiary alicyclic amines) is 1. The van der Waals surface area contributed by atoms with Crippen molar-refractivity contribution in [1.29, 1.82) is 0 Å². The van der Waals surface area contributed by atoms with Gasteiger partial charge in [-0.1, -0.05) is 6.07 Å². The summed E-state index contributed by atoms with van der Waals surface area (Å²) in [5.41, 5.74) is 1.07. The first-order valence-corrected chi connectivity index (χ1v) is 8.27. The Labute approximate surface area is 137 Å². The van der Waals surface area contributed by atoms with Gasteiger partial charge in [0.1, 0.15) is 0 Å². The molecule has 0 aromatic heterocycles. The lowest BCUT2D eigenvalue weighted by Gasteiger charge is -2.34. The minimum Gasteiger partial charge on any atom is -0.393 e. The van der Waals surface area contributed by atoms with Crippen LogP contribution >= 0.6 is 0 Å².